The maximum atomic E-state index is 12.6. The molecule has 1 heterocycles. The van der Waals surface area contributed by atoms with Crippen molar-refractivity contribution in [1.82, 2.24) is 10.3 Å². The Hall–Kier alpha value is -3.22. The molecule has 1 aliphatic carbocycles. The summed E-state index contributed by atoms with van der Waals surface area (Å²) >= 11 is 0. The number of benzene rings is 1. The van der Waals surface area contributed by atoms with E-state index in [0.717, 1.165) is 25.7 Å². The number of amides is 2. The topological polar surface area (TPSA) is 97.4 Å². The lowest BCUT2D eigenvalue weighted by Crippen LogP contribution is -2.33. The van der Waals surface area contributed by atoms with E-state index >= 15 is 0 Å². The molecule has 0 bridgehead atoms. The number of nitrogens with one attached hydrogen (secondary N) is 2. The molecule has 2 amide bonds. The Morgan fingerprint density at radius 3 is 2.61 bits per heavy atom. The molecule has 1 saturated carbocycles. The molecule has 3 rings (SSSR count). The Bertz CT molecular complexity index is 875. The number of esters is 1. The van der Waals surface area contributed by atoms with Crippen LogP contribution in [0.15, 0.2) is 42.6 Å². The molecule has 7 heteroatoms. The van der Waals surface area contributed by atoms with Gasteiger partial charge in [0.15, 0.2) is 0 Å². The number of nitrogens with zero attached hydrogens (tertiary/aromatic N) is 1. The maximum absolute atomic E-state index is 12.6. The quantitative estimate of drug-likeness (QED) is 0.749. The fraction of sp³-hybridized carbons (Fsp3) is 0.333. The van der Waals surface area contributed by atoms with Crippen molar-refractivity contribution in [2.24, 2.45) is 0 Å². The van der Waals surface area contributed by atoms with Gasteiger partial charge in [-0.05, 0) is 44.0 Å². The van der Waals surface area contributed by atoms with E-state index in [9.17, 15) is 14.4 Å². The fourth-order valence-corrected chi connectivity index (χ4v) is 3.20. The highest BCUT2D eigenvalue weighted by Gasteiger charge is 2.20. The zero-order valence-corrected chi connectivity index (χ0v) is 15.7. The van der Waals surface area contributed by atoms with Gasteiger partial charge in [0.25, 0.3) is 11.8 Å². The largest absolute Gasteiger partial charge is 0.462 e. The molecular weight excluding hydrogens is 358 g/mol. The number of ether oxygens (including phenoxy) is 1. The number of carbonyl (C=O) groups excluding carboxylic acids is 3. The van der Waals surface area contributed by atoms with Gasteiger partial charge in [-0.25, -0.2) is 4.79 Å². The summed E-state index contributed by atoms with van der Waals surface area (Å²) in [6, 6.07) is 9.76. The lowest BCUT2D eigenvalue weighted by molar-refractivity contribution is 0.0527. The van der Waals surface area contributed by atoms with Gasteiger partial charge in [0.1, 0.15) is 5.69 Å². The molecule has 0 aliphatic heterocycles. The molecule has 0 radical (unpaired) electrons. The third kappa shape index (κ3) is 4.73. The van der Waals surface area contributed by atoms with Crippen molar-refractivity contribution in [1.29, 1.82) is 0 Å². The molecule has 2 aromatic rings. The third-order valence-corrected chi connectivity index (χ3v) is 4.62. The minimum Gasteiger partial charge on any atom is -0.462 e. The van der Waals surface area contributed by atoms with Crippen LogP contribution in [0.4, 0.5) is 5.69 Å². The molecule has 28 heavy (non-hydrogen) atoms. The molecule has 0 saturated heterocycles. The van der Waals surface area contributed by atoms with Gasteiger partial charge < -0.3 is 15.4 Å². The van der Waals surface area contributed by atoms with Crippen molar-refractivity contribution in [3.63, 3.8) is 0 Å². The number of para-hydroxylation sites is 1. The van der Waals surface area contributed by atoms with Crippen LogP contribution in [0.2, 0.25) is 0 Å². The first-order chi connectivity index (χ1) is 13.6. The Balaban J connectivity index is 1.73. The predicted molar refractivity (Wildman–Crippen MR) is 104 cm³/mol. The lowest BCUT2D eigenvalue weighted by Gasteiger charge is -2.12. The van der Waals surface area contributed by atoms with Crippen LogP contribution in [0, 0.1) is 0 Å². The van der Waals surface area contributed by atoms with Crippen molar-refractivity contribution < 1.29 is 19.1 Å². The molecule has 0 unspecified atom stereocenters. The molecule has 7 nitrogen and oxygen atoms in total. The zero-order chi connectivity index (χ0) is 19.9. The number of hydrogen-bond acceptors (Lipinski definition) is 5. The van der Waals surface area contributed by atoms with Gasteiger partial charge in [0.05, 0.1) is 17.9 Å². The zero-order valence-electron chi connectivity index (χ0n) is 15.7. The van der Waals surface area contributed by atoms with Crippen LogP contribution in [-0.4, -0.2) is 35.4 Å². The van der Waals surface area contributed by atoms with Crippen LogP contribution in [0.1, 0.15) is 63.8 Å². The number of anilines is 1. The maximum Gasteiger partial charge on any atom is 0.340 e. The molecular formula is C21H23N3O4. The summed E-state index contributed by atoms with van der Waals surface area (Å²) in [6.07, 6.45) is 5.59. The second-order valence-corrected chi connectivity index (χ2v) is 6.60. The third-order valence-electron chi connectivity index (χ3n) is 4.62. The predicted octanol–water partition coefficient (Wildman–Crippen LogP) is 3.18. The van der Waals surface area contributed by atoms with Gasteiger partial charge in [-0.2, -0.15) is 0 Å². The second kappa shape index (κ2) is 9.12. The summed E-state index contributed by atoms with van der Waals surface area (Å²) in [6.45, 7) is 1.96. The molecule has 1 aromatic heterocycles. The molecule has 0 atom stereocenters. The van der Waals surface area contributed by atoms with Crippen molar-refractivity contribution in [3.05, 3.63) is 59.4 Å². The normalized spacial score (nSPS) is 13.8. The molecule has 1 aliphatic rings. The van der Waals surface area contributed by atoms with E-state index in [4.69, 9.17) is 4.74 Å². The van der Waals surface area contributed by atoms with Gasteiger partial charge in [-0.3, -0.25) is 14.6 Å². The Morgan fingerprint density at radius 1 is 1.11 bits per heavy atom. The monoisotopic (exact) mass is 381 g/mol. The van der Waals surface area contributed by atoms with Gasteiger partial charge in [0, 0.05) is 17.8 Å². The van der Waals surface area contributed by atoms with Crippen LogP contribution < -0.4 is 10.6 Å². The first-order valence-electron chi connectivity index (χ1n) is 9.43. The summed E-state index contributed by atoms with van der Waals surface area (Å²) < 4.78 is 5.02. The summed E-state index contributed by atoms with van der Waals surface area (Å²) in [4.78, 5) is 41.2. The number of carbonyl (C=O) groups is 3. The minimum absolute atomic E-state index is 0.170. The summed E-state index contributed by atoms with van der Waals surface area (Å²) in [5.41, 5.74) is 1.09. The van der Waals surface area contributed by atoms with E-state index in [0.29, 0.717) is 5.69 Å². The summed E-state index contributed by atoms with van der Waals surface area (Å²) in [5.74, 6) is -1.23. The lowest BCUT2D eigenvalue weighted by atomic mass is 10.1. The molecule has 1 fully saturated rings. The van der Waals surface area contributed by atoms with Crippen LogP contribution in [0.3, 0.4) is 0 Å². The van der Waals surface area contributed by atoms with Crippen LogP contribution in [0.25, 0.3) is 0 Å². The van der Waals surface area contributed by atoms with E-state index < -0.39 is 11.9 Å². The Kier molecular flexibility index (Phi) is 6.37. The van der Waals surface area contributed by atoms with Gasteiger partial charge >= 0.3 is 5.97 Å². The first-order valence-corrected chi connectivity index (χ1v) is 9.43. The molecule has 2 N–H and O–H groups in total. The van der Waals surface area contributed by atoms with E-state index in [2.05, 4.69) is 15.6 Å². The highest BCUT2D eigenvalue weighted by atomic mass is 16.5. The first kappa shape index (κ1) is 19.5. The van der Waals surface area contributed by atoms with E-state index in [1.807, 2.05) is 0 Å². The Morgan fingerprint density at radius 2 is 1.86 bits per heavy atom. The van der Waals surface area contributed by atoms with Crippen molar-refractivity contribution in [2.45, 2.75) is 38.6 Å². The van der Waals surface area contributed by atoms with Crippen molar-refractivity contribution in [3.8, 4) is 0 Å². The van der Waals surface area contributed by atoms with Crippen LogP contribution in [0.5, 0.6) is 0 Å². The van der Waals surface area contributed by atoms with Crippen LogP contribution in [-0.2, 0) is 4.74 Å². The highest BCUT2D eigenvalue weighted by Crippen LogP contribution is 2.19. The van der Waals surface area contributed by atoms with Crippen LogP contribution >= 0.6 is 0 Å². The summed E-state index contributed by atoms with van der Waals surface area (Å²) in [5, 5.41) is 5.66. The summed E-state index contributed by atoms with van der Waals surface area (Å²) in [7, 11) is 0. The van der Waals surface area contributed by atoms with E-state index in [-0.39, 0.29) is 35.4 Å². The Labute approximate surface area is 163 Å². The van der Waals surface area contributed by atoms with E-state index in [1.54, 1.807) is 31.2 Å². The molecule has 0 spiro atoms. The van der Waals surface area contributed by atoms with Crippen molar-refractivity contribution in [2.75, 3.05) is 11.9 Å². The highest BCUT2D eigenvalue weighted by molar-refractivity contribution is 6.08. The number of rotatable bonds is 6. The number of hydrogen-bond donors (Lipinski definition) is 2. The second-order valence-electron chi connectivity index (χ2n) is 6.60. The smallest absolute Gasteiger partial charge is 0.340 e. The van der Waals surface area contributed by atoms with Gasteiger partial charge in [-0.1, -0.05) is 25.0 Å². The number of pyridine rings is 1. The SMILES string of the molecule is CCOC(=O)c1ccccc1NC(=O)c1ccnc(C(=O)NC2CCCC2)c1. The standard InChI is InChI=1S/C21H23N3O4/c1-2-28-21(27)16-9-5-6-10-17(16)24-19(25)14-11-12-22-18(13-14)20(26)23-15-7-3-4-8-15/h5-6,9-13,15H,2-4,7-8H2,1H3,(H,23,26)(H,24,25). The van der Waals surface area contributed by atoms with Gasteiger partial charge in [0.2, 0.25) is 0 Å². The molecule has 146 valence electrons. The molecule has 1 aromatic carbocycles. The minimum atomic E-state index is -0.509. The van der Waals surface area contributed by atoms with E-state index in [1.165, 1.54) is 18.3 Å². The van der Waals surface area contributed by atoms with Crippen molar-refractivity contribution >= 4 is 23.5 Å². The fourth-order valence-electron chi connectivity index (χ4n) is 3.20. The average Bonchev–Trinajstić information content (AvgIpc) is 3.21. The average molecular weight is 381 g/mol. The number of aromatic nitrogens is 1. The van der Waals surface area contributed by atoms with Gasteiger partial charge in [-0.15, -0.1) is 0 Å².